The van der Waals surface area contributed by atoms with Gasteiger partial charge in [-0.1, -0.05) is 140 Å². The van der Waals surface area contributed by atoms with Crippen molar-refractivity contribution in [1.82, 2.24) is 19.5 Å². The van der Waals surface area contributed by atoms with Gasteiger partial charge in [-0.05, 0) is 71.8 Å². The number of nitrogens with zero attached hydrogens (tertiary/aromatic N) is 5. The molecule has 8 aromatic carbocycles. The first-order chi connectivity index (χ1) is 27.8. The topological polar surface area (TPSA) is 46.8 Å². The van der Waals surface area contributed by atoms with E-state index in [4.69, 9.17) is 15.0 Å². The fraction of sp³-hybridized carbons (Fsp3) is 0. The summed E-state index contributed by atoms with van der Waals surface area (Å²) < 4.78 is 2.39. The third kappa shape index (κ3) is 5.21. The van der Waals surface area contributed by atoms with Crippen molar-refractivity contribution < 1.29 is 0 Å². The highest BCUT2D eigenvalue weighted by molar-refractivity contribution is 6.10. The maximum Gasteiger partial charge on any atom is 0.164 e. The summed E-state index contributed by atoms with van der Waals surface area (Å²) in [7, 11) is 0. The van der Waals surface area contributed by atoms with E-state index in [1.165, 1.54) is 21.8 Å². The molecule has 0 unspecified atom stereocenters. The van der Waals surface area contributed by atoms with Gasteiger partial charge in [-0.2, -0.15) is 0 Å². The van der Waals surface area contributed by atoms with E-state index in [9.17, 15) is 0 Å². The van der Waals surface area contributed by atoms with Crippen LogP contribution in [0.2, 0.25) is 0 Å². The SMILES string of the molecule is c1ccc(-c2nc(-c3ccccc3)nc(-c3ccc4c(c3)-c3ccccc3-c3cc(-n5c6ccccc6c6ccccc65)ccc3N4c3ccccc3)n2)cc1. The number of aromatic nitrogens is 4. The van der Waals surface area contributed by atoms with Crippen molar-refractivity contribution in [2.45, 2.75) is 0 Å². The molecule has 1 aliphatic heterocycles. The minimum atomic E-state index is 0.625. The first kappa shape index (κ1) is 31.9. The van der Waals surface area contributed by atoms with Crippen molar-refractivity contribution in [3.05, 3.63) is 200 Å². The van der Waals surface area contributed by atoms with Crippen LogP contribution in [0.4, 0.5) is 17.1 Å². The highest BCUT2D eigenvalue weighted by atomic mass is 15.2. The van der Waals surface area contributed by atoms with E-state index in [0.717, 1.165) is 61.7 Å². The van der Waals surface area contributed by atoms with Crippen molar-refractivity contribution >= 4 is 38.9 Å². The Balaban J connectivity index is 1.15. The summed E-state index contributed by atoms with van der Waals surface area (Å²) in [5.74, 6) is 1.90. The molecular weight excluding hydrogens is 683 g/mol. The van der Waals surface area contributed by atoms with Gasteiger partial charge in [0.25, 0.3) is 0 Å². The predicted molar refractivity (Wildman–Crippen MR) is 230 cm³/mol. The number of para-hydroxylation sites is 3. The summed E-state index contributed by atoms with van der Waals surface area (Å²) in [6, 6.07) is 70.6. The Morgan fingerprint density at radius 3 is 1.32 bits per heavy atom. The quantitative estimate of drug-likeness (QED) is 0.178. The normalized spacial score (nSPS) is 11.9. The summed E-state index contributed by atoms with van der Waals surface area (Å²) in [4.78, 5) is 17.5. The Hall–Kier alpha value is -7.63. The van der Waals surface area contributed by atoms with Crippen LogP contribution in [-0.4, -0.2) is 19.5 Å². The zero-order chi connectivity index (χ0) is 37.0. The van der Waals surface area contributed by atoms with Crippen molar-refractivity contribution in [3.8, 4) is 62.1 Å². The third-order valence-electron chi connectivity index (χ3n) is 10.8. The Labute approximate surface area is 324 Å². The van der Waals surface area contributed by atoms with Crippen LogP contribution in [0.5, 0.6) is 0 Å². The van der Waals surface area contributed by atoms with Crippen LogP contribution in [0.15, 0.2) is 200 Å². The molecule has 0 atom stereocenters. The summed E-state index contributed by atoms with van der Waals surface area (Å²) in [6.07, 6.45) is 0. The van der Waals surface area contributed by atoms with Crippen molar-refractivity contribution in [3.63, 3.8) is 0 Å². The van der Waals surface area contributed by atoms with Crippen LogP contribution < -0.4 is 4.90 Å². The van der Waals surface area contributed by atoms with Crippen LogP contribution in [-0.2, 0) is 0 Å². The van der Waals surface area contributed by atoms with Crippen LogP contribution in [0, 0.1) is 0 Å². The smallest absolute Gasteiger partial charge is 0.164 e. The lowest BCUT2D eigenvalue weighted by molar-refractivity contribution is 1.07. The van der Waals surface area contributed by atoms with Gasteiger partial charge in [0, 0.05) is 50.0 Å². The number of hydrogen-bond donors (Lipinski definition) is 0. The van der Waals surface area contributed by atoms with Crippen LogP contribution in [0.25, 0.3) is 83.9 Å². The molecule has 0 N–H and O–H groups in total. The standard InChI is InChI=1S/C51H33N5/c1-4-16-34(17-5-1)49-52-50(35-18-6-2-7-19-35)54-51(53-49)36-28-30-47-43(32-36)39-22-10-11-23-40(39)44-33-38(29-31-48(44)55(47)37-20-8-3-9-21-37)56-45-26-14-12-24-41(45)42-25-13-15-27-46(42)56/h1-33H. The molecule has 11 rings (SSSR count). The van der Waals surface area contributed by atoms with Gasteiger partial charge in [0.15, 0.2) is 17.5 Å². The average molecular weight is 716 g/mol. The second-order valence-electron chi connectivity index (χ2n) is 14.1. The van der Waals surface area contributed by atoms with Gasteiger partial charge in [-0.3, -0.25) is 0 Å². The van der Waals surface area contributed by atoms with Gasteiger partial charge in [0.2, 0.25) is 0 Å². The first-order valence-corrected chi connectivity index (χ1v) is 18.9. The molecule has 0 saturated carbocycles. The van der Waals surface area contributed by atoms with Crippen LogP contribution in [0.1, 0.15) is 0 Å². The predicted octanol–water partition coefficient (Wildman–Crippen LogP) is 13.1. The van der Waals surface area contributed by atoms with E-state index < -0.39 is 0 Å². The molecular formula is C51H33N5. The minimum Gasteiger partial charge on any atom is -0.309 e. The molecule has 5 heteroatoms. The summed E-state index contributed by atoms with van der Waals surface area (Å²) in [5, 5.41) is 2.49. The van der Waals surface area contributed by atoms with E-state index in [0.29, 0.717) is 17.5 Å². The monoisotopic (exact) mass is 715 g/mol. The number of benzene rings is 8. The Morgan fingerprint density at radius 1 is 0.304 bits per heavy atom. The zero-order valence-corrected chi connectivity index (χ0v) is 30.3. The Kier molecular flexibility index (Phi) is 7.42. The maximum atomic E-state index is 5.10. The second kappa shape index (κ2) is 13.0. The van der Waals surface area contributed by atoms with E-state index in [-0.39, 0.29) is 0 Å². The summed E-state index contributed by atoms with van der Waals surface area (Å²) in [6.45, 7) is 0. The molecule has 3 heterocycles. The highest BCUT2D eigenvalue weighted by Gasteiger charge is 2.28. The molecule has 2 aromatic heterocycles. The molecule has 0 radical (unpaired) electrons. The molecule has 0 saturated heterocycles. The number of hydrogen-bond acceptors (Lipinski definition) is 4. The molecule has 1 aliphatic rings. The molecule has 0 bridgehead atoms. The van der Waals surface area contributed by atoms with E-state index in [1.54, 1.807) is 0 Å². The number of fused-ring (bicyclic) bond motifs is 8. The third-order valence-corrected chi connectivity index (χ3v) is 10.8. The molecule has 10 aromatic rings. The van der Waals surface area contributed by atoms with E-state index in [2.05, 4.69) is 149 Å². The van der Waals surface area contributed by atoms with Crippen LogP contribution >= 0.6 is 0 Å². The van der Waals surface area contributed by atoms with Gasteiger partial charge in [0.1, 0.15) is 0 Å². The van der Waals surface area contributed by atoms with Gasteiger partial charge < -0.3 is 9.47 Å². The molecule has 0 spiro atoms. The molecule has 262 valence electrons. The van der Waals surface area contributed by atoms with Crippen LogP contribution in [0.3, 0.4) is 0 Å². The average Bonchev–Trinajstić information content (AvgIpc) is 3.56. The lowest BCUT2D eigenvalue weighted by Crippen LogP contribution is -2.11. The molecule has 0 amide bonds. The molecule has 56 heavy (non-hydrogen) atoms. The van der Waals surface area contributed by atoms with Crippen molar-refractivity contribution in [2.75, 3.05) is 4.90 Å². The van der Waals surface area contributed by atoms with Gasteiger partial charge in [-0.25, -0.2) is 15.0 Å². The Bertz CT molecular complexity index is 2970. The van der Waals surface area contributed by atoms with Gasteiger partial charge in [0.05, 0.1) is 22.4 Å². The molecule has 0 aliphatic carbocycles. The Morgan fingerprint density at radius 2 is 0.750 bits per heavy atom. The van der Waals surface area contributed by atoms with Crippen molar-refractivity contribution in [1.29, 1.82) is 0 Å². The fourth-order valence-corrected chi connectivity index (χ4v) is 8.24. The lowest BCUT2D eigenvalue weighted by Gasteiger charge is -2.28. The van der Waals surface area contributed by atoms with Gasteiger partial charge in [-0.15, -0.1) is 0 Å². The van der Waals surface area contributed by atoms with Gasteiger partial charge >= 0.3 is 0 Å². The summed E-state index contributed by atoms with van der Waals surface area (Å²) >= 11 is 0. The van der Waals surface area contributed by atoms with Crippen molar-refractivity contribution in [2.24, 2.45) is 0 Å². The number of rotatable bonds is 5. The molecule has 0 fully saturated rings. The summed E-state index contributed by atoms with van der Waals surface area (Å²) in [5.41, 5.74) is 14.1. The zero-order valence-electron chi connectivity index (χ0n) is 30.3. The second-order valence-corrected chi connectivity index (χ2v) is 14.1. The molecule has 5 nitrogen and oxygen atoms in total. The fourth-order valence-electron chi connectivity index (χ4n) is 8.24. The maximum absolute atomic E-state index is 5.10. The minimum absolute atomic E-state index is 0.625. The largest absolute Gasteiger partial charge is 0.309 e. The van der Waals surface area contributed by atoms with E-state index >= 15 is 0 Å². The first-order valence-electron chi connectivity index (χ1n) is 18.9. The highest BCUT2D eigenvalue weighted by Crippen LogP contribution is 2.52. The van der Waals surface area contributed by atoms with E-state index in [1.807, 2.05) is 60.7 Å². The lowest BCUT2D eigenvalue weighted by atomic mass is 9.93. The number of anilines is 3.